The van der Waals surface area contributed by atoms with Gasteiger partial charge >= 0.3 is 0 Å². The van der Waals surface area contributed by atoms with Crippen molar-refractivity contribution in [1.82, 2.24) is 30.0 Å². The average molecular weight is 411 g/mol. The molecule has 0 aromatic carbocycles. The van der Waals surface area contributed by atoms with Crippen LogP contribution >= 0.6 is 0 Å². The fourth-order valence-electron chi connectivity index (χ4n) is 3.75. The number of nitrogens with zero attached hydrogens (tertiary/aromatic N) is 6. The van der Waals surface area contributed by atoms with E-state index < -0.39 is 0 Å². The number of hydrogen-bond donors (Lipinski definition) is 2. The zero-order valence-corrected chi connectivity index (χ0v) is 18.1. The normalized spacial score (nSPS) is 16.9. The van der Waals surface area contributed by atoms with Gasteiger partial charge in [-0.2, -0.15) is 10.1 Å². The minimum atomic E-state index is 0.392. The molecule has 4 rings (SSSR count). The van der Waals surface area contributed by atoms with Gasteiger partial charge < -0.3 is 20.3 Å². The van der Waals surface area contributed by atoms with Crippen molar-refractivity contribution >= 4 is 28.6 Å². The molecule has 1 aliphatic heterocycles. The number of ether oxygens (including phenoxy) is 1. The molecule has 1 aliphatic rings. The molecule has 2 N–H and O–H groups in total. The van der Waals surface area contributed by atoms with E-state index in [4.69, 9.17) is 19.8 Å². The Hall–Kier alpha value is -2.78. The van der Waals surface area contributed by atoms with Gasteiger partial charge in [-0.1, -0.05) is 6.07 Å². The second-order valence-corrected chi connectivity index (χ2v) is 7.67. The van der Waals surface area contributed by atoms with Crippen LogP contribution in [0.2, 0.25) is 0 Å². The molecular formula is C21H30N8O. The van der Waals surface area contributed by atoms with Crippen molar-refractivity contribution in [2.45, 2.75) is 40.3 Å². The molecule has 0 saturated carbocycles. The summed E-state index contributed by atoms with van der Waals surface area (Å²) < 4.78 is 7.48. The number of aryl methyl sites for hydroxylation is 2. The number of piperazine rings is 1. The fourth-order valence-corrected chi connectivity index (χ4v) is 3.75. The zero-order chi connectivity index (χ0) is 21.1. The maximum absolute atomic E-state index is 5.55. The summed E-state index contributed by atoms with van der Waals surface area (Å²) in [5, 5.41) is 11.6. The lowest BCUT2D eigenvalue weighted by atomic mass is 10.2. The van der Waals surface area contributed by atoms with Gasteiger partial charge in [-0.05, 0) is 39.8 Å². The number of pyridine rings is 1. The highest BCUT2D eigenvalue weighted by atomic mass is 16.5. The predicted octanol–water partition coefficient (Wildman–Crippen LogP) is 2.42. The van der Waals surface area contributed by atoms with Crippen molar-refractivity contribution < 1.29 is 4.74 Å². The molecule has 160 valence electrons. The van der Waals surface area contributed by atoms with Crippen molar-refractivity contribution in [1.29, 1.82) is 0 Å². The van der Waals surface area contributed by atoms with Gasteiger partial charge in [0.15, 0.2) is 5.82 Å². The number of nitrogens with one attached hydrogen (secondary N) is 2. The number of fused-ring (bicyclic) bond motifs is 1. The summed E-state index contributed by atoms with van der Waals surface area (Å²) in [5.74, 6) is 2.19. The second-order valence-electron chi connectivity index (χ2n) is 7.67. The van der Waals surface area contributed by atoms with Crippen molar-refractivity contribution in [2.75, 3.05) is 43.1 Å². The fraction of sp³-hybridized carbons (Fsp3) is 0.524. The van der Waals surface area contributed by atoms with E-state index in [-0.39, 0.29) is 0 Å². The molecule has 1 fully saturated rings. The van der Waals surface area contributed by atoms with E-state index in [1.165, 1.54) is 0 Å². The third-order valence-corrected chi connectivity index (χ3v) is 5.18. The average Bonchev–Trinajstić information content (AvgIpc) is 3.04. The molecule has 0 radical (unpaired) electrons. The summed E-state index contributed by atoms with van der Waals surface area (Å²) >= 11 is 0. The summed E-state index contributed by atoms with van der Waals surface area (Å²) in [7, 11) is 0. The highest BCUT2D eigenvalue weighted by Gasteiger charge is 2.23. The van der Waals surface area contributed by atoms with Crippen LogP contribution in [-0.4, -0.2) is 63.6 Å². The topological polar surface area (TPSA) is 93.0 Å². The van der Waals surface area contributed by atoms with E-state index in [0.29, 0.717) is 25.8 Å². The van der Waals surface area contributed by atoms with Crippen molar-refractivity contribution in [3.63, 3.8) is 0 Å². The van der Waals surface area contributed by atoms with Gasteiger partial charge in [0.1, 0.15) is 16.9 Å². The van der Waals surface area contributed by atoms with Gasteiger partial charge in [-0.15, -0.1) is 0 Å². The molecule has 0 spiro atoms. The van der Waals surface area contributed by atoms with Gasteiger partial charge in [-0.25, -0.2) is 9.97 Å². The molecule has 1 atom stereocenters. The number of anilines is 3. The predicted molar refractivity (Wildman–Crippen MR) is 118 cm³/mol. The maximum atomic E-state index is 5.55. The van der Waals surface area contributed by atoms with Crippen LogP contribution in [0.15, 0.2) is 18.2 Å². The highest BCUT2D eigenvalue weighted by molar-refractivity contribution is 5.90. The monoisotopic (exact) mass is 410 g/mol. The molecular weight excluding hydrogens is 380 g/mol. The molecule has 30 heavy (non-hydrogen) atoms. The van der Waals surface area contributed by atoms with Crippen molar-refractivity contribution in [3.05, 3.63) is 29.6 Å². The van der Waals surface area contributed by atoms with E-state index >= 15 is 0 Å². The summed E-state index contributed by atoms with van der Waals surface area (Å²) in [6.07, 6.45) is 0. The number of rotatable bonds is 7. The molecule has 0 unspecified atom stereocenters. The van der Waals surface area contributed by atoms with E-state index in [2.05, 4.69) is 27.4 Å². The van der Waals surface area contributed by atoms with Gasteiger partial charge in [0.25, 0.3) is 0 Å². The van der Waals surface area contributed by atoms with Crippen LogP contribution in [-0.2, 0) is 11.3 Å². The highest BCUT2D eigenvalue weighted by Crippen LogP contribution is 2.28. The van der Waals surface area contributed by atoms with Gasteiger partial charge in [0.2, 0.25) is 5.95 Å². The lowest BCUT2D eigenvalue weighted by Gasteiger charge is -2.32. The van der Waals surface area contributed by atoms with Crippen LogP contribution in [0.3, 0.4) is 0 Å². The smallest absolute Gasteiger partial charge is 0.228 e. The number of aromatic nitrogens is 5. The van der Waals surface area contributed by atoms with Crippen LogP contribution in [0, 0.1) is 13.8 Å². The first kappa shape index (κ1) is 20.5. The molecule has 0 bridgehead atoms. The van der Waals surface area contributed by atoms with Crippen LogP contribution in [0.4, 0.5) is 17.6 Å². The zero-order valence-electron chi connectivity index (χ0n) is 18.1. The second kappa shape index (κ2) is 8.93. The Morgan fingerprint density at radius 3 is 2.87 bits per heavy atom. The van der Waals surface area contributed by atoms with E-state index in [9.17, 15) is 0 Å². The minimum Gasteiger partial charge on any atom is -0.380 e. The van der Waals surface area contributed by atoms with Gasteiger partial charge in [-0.3, -0.25) is 4.68 Å². The van der Waals surface area contributed by atoms with Crippen molar-refractivity contribution in [2.24, 2.45) is 0 Å². The minimum absolute atomic E-state index is 0.392. The largest absolute Gasteiger partial charge is 0.380 e. The summed E-state index contributed by atoms with van der Waals surface area (Å²) in [5.41, 5.74) is 3.57. The molecule has 0 aliphatic carbocycles. The Morgan fingerprint density at radius 2 is 2.10 bits per heavy atom. The number of hydrogen-bond acceptors (Lipinski definition) is 8. The summed E-state index contributed by atoms with van der Waals surface area (Å²) in [6.45, 7) is 12.7. The van der Waals surface area contributed by atoms with E-state index in [0.717, 1.165) is 59.6 Å². The van der Waals surface area contributed by atoms with Crippen LogP contribution in [0.25, 0.3) is 11.0 Å². The summed E-state index contributed by atoms with van der Waals surface area (Å²) in [4.78, 5) is 16.6. The molecule has 0 amide bonds. The van der Waals surface area contributed by atoms with Gasteiger partial charge in [0.05, 0.1) is 18.8 Å². The molecule has 1 saturated heterocycles. The van der Waals surface area contributed by atoms with Crippen LogP contribution in [0.1, 0.15) is 25.2 Å². The van der Waals surface area contributed by atoms with E-state index in [1.54, 1.807) is 0 Å². The maximum Gasteiger partial charge on any atom is 0.228 e. The summed E-state index contributed by atoms with van der Waals surface area (Å²) in [6, 6.07) is 6.30. The first-order valence-corrected chi connectivity index (χ1v) is 10.6. The molecule has 4 heterocycles. The molecule has 9 heteroatoms. The Bertz CT molecular complexity index is 1020. The Balaban J connectivity index is 1.78. The lowest BCUT2D eigenvalue weighted by Crippen LogP contribution is -2.49. The first-order valence-electron chi connectivity index (χ1n) is 10.6. The standard InChI is InChI=1S/C21H30N8O/c1-5-30-12-11-29-19-18(16(4)27-29)25-21(28-10-9-22-15(3)13-28)26-20(19)24-17-8-6-7-14(2)23-17/h6-8,15,22H,5,9-13H2,1-4H3,(H,23,24,25,26)/t15-/m1/s1. The van der Waals surface area contributed by atoms with Crippen LogP contribution < -0.4 is 15.5 Å². The lowest BCUT2D eigenvalue weighted by molar-refractivity contribution is 0.137. The Kier molecular flexibility index (Phi) is 6.10. The molecule has 9 nitrogen and oxygen atoms in total. The molecule has 3 aromatic rings. The SMILES string of the molecule is CCOCCn1nc(C)c2nc(N3CCN[C@H](C)C3)nc(Nc3cccc(C)n3)c21. The van der Waals surface area contributed by atoms with Crippen LogP contribution in [0.5, 0.6) is 0 Å². The Labute approximate surface area is 176 Å². The third kappa shape index (κ3) is 4.36. The van der Waals surface area contributed by atoms with Gasteiger partial charge in [0, 0.05) is 38.0 Å². The first-order chi connectivity index (χ1) is 14.5. The quantitative estimate of drug-likeness (QED) is 0.574. The van der Waals surface area contributed by atoms with E-state index in [1.807, 2.05) is 43.7 Å². The van der Waals surface area contributed by atoms with Crippen molar-refractivity contribution in [3.8, 4) is 0 Å². The Morgan fingerprint density at radius 1 is 1.23 bits per heavy atom. The third-order valence-electron chi connectivity index (χ3n) is 5.18. The molecule has 3 aromatic heterocycles.